The Labute approximate surface area is 154 Å². The van der Waals surface area contributed by atoms with Crippen molar-refractivity contribution < 1.29 is 4.39 Å². The SMILES string of the molecule is CC(C)(C)C1(CC#N)CCN(Cc2ccc(-n3nccn3)cc2)CC1F. The van der Waals surface area contributed by atoms with Gasteiger partial charge in [0.2, 0.25) is 0 Å². The Balaban J connectivity index is 1.67. The van der Waals surface area contributed by atoms with E-state index in [1.807, 2.05) is 24.3 Å². The van der Waals surface area contributed by atoms with Gasteiger partial charge in [0.1, 0.15) is 6.17 Å². The minimum absolute atomic E-state index is 0.230. The maximum atomic E-state index is 15.2. The maximum absolute atomic E-state index is 15.2. The van der Waals surface area contributed by atoms with E-state index in [-0.39, 0.29) is 11.8 Å². The Kier molecular flexibility index (Phi) is 5.10. The van der Waals surface area contributed by atoms with Gasteiger partial charge in [-0.25, -0.2) is 4.39 Å². The third kappa shape index (κ3) is 3.49. The number of piperidine rings is 1. The minimum Gasteiger partial charge on any atom is -0.296 e. The monoisotopic (exact) mass is 355 g/mol. The van der Waals surface area contributed by atoms with E-state index in [0.717, 1.165) is 17.8 Å². The summed E-state index contributed by atoms with van der Waals surface area (Å²) in [4.78, 5) is 3.72. The molecule has 5 nitrogen and oxygen atoms in total. The van der Waals surface area contributed by atoms with Crippen LogP contribution in [0.25, 0.3) is 5.69 Å². The van der Waals surface area contributed by atoms with Crippen molar-refractivity contribution >= 4 is 0 Å². The Hall–Kier alpha value is -2.26. The second kappa shape index (κ2) is 7.16. The smallest absolute Gasteiger partial charge is 0.120 e. The molecular weight excluding hydrogens is 329 g/mol. The average molecular weight is 355 g/mol. The van der Waals surface area contributed by atoms with E-state index in [1.165, 1.54) is 0 Å². The molecule has 0 amide bonds. The lowest BCUT2D eigenvalue weighted by molar-refractivity contribution is -0.0660. The number of nitrogens with zero attached hydrogens (tertiary/aromatic N) is 5. The first-order valence-corrected chi connectivity index (χ1v) is 9.05. The Morgan fingerprint density at radius 3 is 2.42 bits per heavy atom. The molecule has 0 bridgehead atoms. The Morgan fingerprint density at radius 2 is 1.88 bits per heavy atom. The average Bonchev–Trinajstić information content (AvgIpc) is 3.12. The number of aromatic nitrogens is 3. The summed E-state index contributed by atoms with van der Waals surface area (Å²) in [5.74, 6) is 0. The molecule has 0 saturated carbocycles. The first kappa shape index (κ1) is 18.5. The summed E-state index contributed by atoms with van der Waals surface area (Å²) in [6.07, 6.45) is 3.28. The first-order chi connectivity index (χ1) is 12.4. The third-order valence-electron chi connectivity index (χ3n) is 5.77. The van der Waals surface area contributed by atoms with Gasteiger partial charge in [-0.3, -0.25) is 4.90 Å². The van der Waals surface area contributed by atoms with Crippen LogP contribution in [0.5, 0.6) is 0 Å². The molecule has 6 heteroatoms. The maximum Gasteiger partial charge on any atom is 0.120 e. The van der Waals surface area contributed by atoms with Crippen molar-refractivity contribution in [3.63, 3.8) is 0 Å². The number of likely N-dealkylation sites (tertiary alicyclic amines) is 1. The molecule has 3 rings (SSSR count). The van der Waals surface area contributed by atoms with Gasteiger partial charge in [-0.05, 0) is 36.1 Å². The third-order valence-corrected chi connectivity index (χ3v) is 5.77. The van der Waals surface area contributed by atoms with E-state index in [2.05, 4.69) is 41.9 Å². The lowest BCUT2D eigenvalue weighted by Crippen LogP contribution is -2.54. The summed E-state index contributed by atoms with van der Waals surface area (Å²) >= 11 is 0. The second-order valence-corrected chi connectivity index (χ2v) is 8.18. The van der Waals surface area contributed by atoms with E-state index < -0.39 is 11.6 Å². The van der Waals surface area contributed by atoms with Crippen LogP contribution >= 0.6 is 0 Å². The summed E-state index contributed by atoms with van der Waals surface area (Å²) in [6, 6.07) is 10.2. The number of alkyl halides is 1. The molecule has 0 N–H and O–H groups in total. The number of benzene rings is 1. The van der Waals surface area contributed by atoms with Crippen molar-refractivity contribution in [2.75, 3.05) is 13.1 Å². The Bertz CT molecular complexity index is 757. The van der Waals surface area contributed by atoms with Crippen LogP contribution in [0.3, 0.4) is 0 Å². The van der Waals surface area contributed by atoms with E-state index in [4.69, 9.17) is 0 Å². The number of hydrogen-bond donors (Lipinski definition) is 0. The first-order valence-electron chi connectivity index (χ1n) is 9.05. The standard InChI is InChI=1S/C20H26FN5/c1-19(2,3)20(8-10-22)9-13-25(15-18(20)21)14-16-4-6-17(7-5-16)26-23-11-12-24-26/h4-7,11-12,18H,8-9,13-15H2,1-3H3. The van der Waals surface area contributed by atoms with Crippen molar-refractivity contribution in [1.29, 1.82) is 5.26 Å². The second-order valence-electron chi connectivity index (χ2n) is 8.18. The van der Waals surface area contributed by atoms with Gasteiger partial charge in [0.25, 0.3) is 0 Å². The van der Waals surface area contributed by atoms with E-state index in [0.29, 0.717) is 19.5 Å². The largest absolute Gasteiger partial charge is 0.296 e. The van der Waals surface area contributed by atoms with Gasteiger partial charge in [0, 0.05) is 24.9 Å². The predicted octanol–water partition coefficient (Wildman–Crippen LogP) is 3.76. The molecular formula is C20H26FN5. The fourth-order valence-corrected chi connectivity index (χ4v) is 3.94. The highest BCUT2D eigenvalue weighted by Crippen LogP contribution is 2.50. The molecule has 138 valence electrons. The van der Waals surface area contributed by atoms with Crippen LogP contribution in [0.2, 0.25) is 0 Å². The molecule has 2 heterocycles. The molecule has 1 aliphatic rings. The predicted molar refractivity (Wildman–Crippen MR) is 98.3 cm³/mol. The molecule has 0 spiro atoms. The molecule has 1 saturated heterocycles. The van der Waals surface area contributed by atoms with Gasteiger partial charge in [0.15, 0.2) is 0 Å². The van der Waals surface area contributed by atoms with Crippen LogP contribution < -0.4 is 0 Å². The molecule has 1 fully saturated rings. The van der Waals surface area contributed by atoms with Crippen LogP contribution in [-0.4, -0.2) is 39.2 Å². The number of nitriles is 1. The number of rotatable bonds is 4. The number of halogens is 1. The van der Waals surface area contributed by atoms with Crippen LogP contribution in [0.1, 0.15) is 39.2 Å². The summed E-state index contributed by atoms with van der Waals surface area (Å²) in [7, 11) is 0. The van der Waals surface area contributed by atoms with Gasteiger partial charge in [-0.2, -0.15) is 20.3 Å². The van der Waals surface area contributed by atoms with Gasteiger partial charge < -0.3 is 0 Å². The molecule has 1 aliphatic heterocycles. The highest BCUT2D eigenvalue weighted by atomic mass is 19.1. The molecule has 2 atom stereocenters. The highest BCUT2D eigenvalue weighted by Gasteiger charge is 2.51. The topological polar surface area (TPSA) is 57.7 Å². The molecule has 0 radical (unpaired) electrons. The van der Waals surface area contributed by atoms with Crippen molar-refractivity contribution in [2.24, 2.45) is 10.8 Å². The molecule has 1 aromatic carbocycles. The van der Waals surface area contributed by atoms with E-state index in [1.54, 1.807) is 17.2 Å². The van der Waals surface area contributed by atoms with Crippen molar-refractivity contribution in [3.8, 4) is 11.8 Å². The zero-order chi connectivity index (χ0) is 18.8. The van der Waals surface area contributed by atoms with Crippen LogP contribution in [0.4, 0.5) is 4.39 Å². The lowest BCUT2D eigenvalue weighted by atomic mass is 9.59. The van der Waals surface area contributed by atoms with Crippen molar-refractivity contribution in [3.05, 3.63) is 42.2 Å². The van der Waals surface area contributed by atoms with E-state index >= 15 is 4.39 Å². The molecule has 26 heavy (non-hydrogen) atoms. The lowest BCUT2D eigenvalue weighted by Gasteiger charge is -2.51. The van der Waals surface area contributed by atoms with Gasteiger partial charge in [0.05, 0.1) is 24.2 Å². The van der Waals surface area contributed by atoms with Crippen LogP contribution in [0, 0.1) is 22.2 Å². The van der Waals surface area contributed by atoms with Crippen molar-refractivity contribution in [2.45, 2.75) is 46.3 Å². The zero-order valence-corrected chi connectivity index (χ0v) is 15.7. The summed E-state index contributed by atoms with van der Waals surface area (Å²) < 4.78 is 15.2. The van der Waals surface area contributed by atoms with Crippen LogP contribution in [-0.2, 0) is 6.54 Å². The summed E-state index contributed by atoms with van der Waals surface area (Å²) in [6.45, 7) is 8.04. The van der Waals surface area contributed by atoms with Crippen molar-refractivity contribution in [1.82, 2.24) is 19.9 Å². The Morgan fingerprint density at radius 1 is 1.23 bits per heavy atom. The van der Waals surface area contributed by atoms with Gasteiger partial charge in [-0.1, -0.05) is 32.9 Å². The molecule has 2 aromatic rings. The zero-order valence-electron chi connectivity index (χ0n) is 15.7. The van der Waals surface area contributed by atoms with E-state index in [9.17, 15) is 5.26 Å². The fourth-order valence-electron chi connectivity index (χ4n) is 3.94. The molecule has 1 aromatic heterocycles. The van der Waals surface area contributed by atoms with Gasteiger partial charge in [-0.15, -0.1) is 0 Å². The van der Waals surface area contributed by atoms with Gasteiger partial charge >= 0.3 is 0 Å². The number of hydrogen-bond acceptors (Lipinski definition) is 4. The summed E-state index contributed by atoms with van der Waals surface area (Å²) in [5.41, 5.74) is 1.25. The molecule has 0 aliphatic carbocycles. The quantitative estimate of drug-likeness (QED) is 0.838. The van der Waals surface area contributed by atoms with Crippen LogP contribution in [0.15, 0.2) is 36.7 Å². The normalized spacial score (nSPS) is 24.3. The molecule has 2 unspecified atom stereocenters. The highest BCUT2D eigenvalue weighted by molar-refractivity contribution is 5.32. The summed E-state index contributed by atoms with van der Waals surface area (Å²) in [5, 5.41) is 17.5. The minimum atomic E-state index is -0.997. The fraction of sp³-hybridized carbons (Fsp3) is 0.550.